The van der Waals surface area contributed by atoms with Crippen LogP contribution in [0.15, 0.2) is 16.4 Å². The van der Waals surface area contributed by atoms with Crippen molar-refractivity contribution in [3.8, 4) is 0 Å². The van der Waals surface area contributed by atoms with Crippen LogP contribution < -0.4 is 10.9 Å². The molecule has 0 aromatic carbocycles. The number of carboxylic acid groups (broad SMARTS) is 1. The molecular formula is C11H11N3O4S. The van der Waals surface area contributed by atoms with Crippen molar-refractivity contribution in [1.82, 2.24) is 14.7 Å². The Labute approximate surface area is 111 Å². The molecule has 1 amide bonds. The normalized spacial score (nSPS) is 12.3. The Morgan fingerprint density at radius 2 is 2.21 bits per heavy atom. The van der Waals surface area contributed by atoms with Crippen LogP contribution in [0.25, 0.3) is 4.96 Å². The number of carbonyl (C=O) groups excluding carboxylic acids is 1. The van der Waals surface area contributed by atoms with Crippen molar-refractivity contribution in [2.24, 2.45) is 0 Å². The first kappa shape index (κ1) is 13.2. The number of nitrogens with one attached hydrogen (secondary N) is 1. The summed E-state index contributed by atoms with van der Waals surface area (Å²) in [6.07, 6.45) is 1.16. The fraction of sp³-hybridized carbons (Fsp3) is 0.273. The van der Waals surface area contributed by atoms with Crippen molar-refractivity contribution < 1.29 is 14.7 Å². The molecule has 2 aromatic rings. The third-order valence-corrected chi connectivity index (χ3v) is 3.54. The van der Waals surface area contributed by atoms with Crippen LogP contribution in [0, 0.1) is 6.92 Å². The van der Waals surface area contributed by atoms with Gasteiger partial charge < -0.3 is 10.4 Å². The molecule has 19 heavy (non-hydrogen) atoms. The summed E-state index contributed by atoms with van der Waals surface area (Å²) < 4.78 is 1.32. The van der Waals surface area contributed by atoms with E-state index in [0.717, 1.165) is 6.20 Å². The maximum atomic E-state index is 12.1. The quantitative estimate of drug-likeness (QED) is 0.841. The summed E-state index contributed by atoms with van der Waals surface area (Å²) in [4.78, 5) is 39.1. The molecule has 0 aliphatic rings. The first-order valence-corrected chi connectivity index (χ1v) is 6.29. The van der Waals surface area contributed by atoms with Gasteiger partial charge in [-0.2, -0.15) is 0 Å². The number of aryl methyl sites for hydroxylation is 1. The highest BCUT2D eigenvalue weighted by Crippen LogP contribution is 2.10. The summed E-state index contributed by atoms with van der Waals surface area (Å²) in [6, 6.07) is -1.07. The van der Waals surface area contributed by atoms with Gasteiger partial charge in [0.15, 0.2) is 4.96 Å². The Bertz CT molecular complexity index is 718. The zero-order valence-electron chi connectivity index (χ0n) is 10.2. The fourth-order valence-corrected chi connectivity index (χ4v) is 2.34. The van der Waals surface area contributed by atoms with E-state index in [1.807, 2.05) is 0 Å². The summed E-state index contributed by atoms with van der Waals surface area (Å²) >= 11 is 1.29. The maximum Gasteiger partial charge on any atom is 0.325 e. The van der Waals surface area contributed by atoms with Gasteiger partial charge in [0.25, 0.3) is 11.5 Å². The monoisotopic (exact) mass is 281 g/mol. The number of aliphatic carboxylic acids is 1. The Balaban J connectivity index is 2.43. The van der Waals surface area contributed by atoms with Crippen molar-refractivity contribution in [2.75, 3.05) is 0 Å². The number of hydrogen-bond acceptors (Lipinski definition) is 5. The highest BCUT2D eigenvalue weighted by molar-refractivity contribution is 7.15. The second-order valence-electron chi connectivity index (χ2n) is 4.01. The van der Waals surface area contributed by atoms with Gasteiger partial charge in [-0.05, 0) is 13.8 Å². The van der Waals surface area contributed by atoms with Crippen molar-refractivity contribution >= 4 is 28.2 Å². The van der Waals surface area contributed by atoms with Crippen molar-refractivity contribution in [3.05, 3.63) is 33.2 Å². The molecule has 0 spiro atoms. The van der Waals surface area contributed by atoms with E-state index in [1.165, 1.54) is 22.7 Å². The van der Waals surface area contributed by atoms with E-state index >= 15 is 0 Å². The van der Waals surface area contributed by atoms with Crippen LogP contribution in [0.1, 0.15) is 23.0 Å². The molecule has 0 aliphatic heterocycles. The van der Waals surface area contributed by atoms with Gasteiger partial charge in [0.1, 0.15) is 11.6 Å². The predicted molar refractivity (Wildman–Crippen MR) is 68.6 cm³/mol. The molecule has 100 valence electrons. The molecule has 7 nitrogen and oxygen atoms in total. The van der Waals surface area contributed by atoms with E-state index in [9.17, 15) is 14.4 Å². The zero-order chi connectivity index (χ0) is 14.2. The van der Waals surface area contributed by atoms with Gasteiger partial charge in [-0.25, -0.2) is 4.98 Å². The summed E-state index contributed by atoms with van der Waals surface area (Å²) in [5, 5.41) is 12.7. The van der Waals surface area contributed by atoms with E-state index in [4.69, 9.17) is 5.11 Å². The van der Waals surface area contributed by atoms with Gasteiger partial charge in [0, 0.05) is 17.3 Å². The third kappa shape index (κ3) is 2.34. The smallest absolute Gasteiger partial charge is 0.325 e. The lowest BCUT2D eigenvalue weighted by Crippen LogP contribution is -2.41. The first-order valence-electron chi connectivity index (χ1n) is 5.41. The number of thiazole rings is 1. The Morgan fingerprint density at radius 1 is 1.53 bits per heavy atom. The third-order valence-electron chi connectivity index (χ3n) is 2.58. The number of carboxylic acids is 1. The Morgan fingerprint density at radius 3 is 2.84 bits per heavy atom. The fourth-order valence-electron chi connectivity index (χ4n) is 1.52. The van der Waals surface area contributed by atoms with Gasteiger partial charge in [-0.15, -0.1) is 11.3 Å². The zero-order valence-corrected chi connectivity index (χ0v) is 11.0. The molecule has 2 heterocycles. The minimum absolute atomic E-state index is 0.174. The van der Waals surface area contributed by atoms with Gasteiger partial charge in [-0.3, -0.25) is 18.8 Å². The molecule has 0 aliphatic carbocycles. The molecule has 0 saturated heterocycles. The molecule has 2 rings (SSSR count). The lowest BCUT2D eigenvalue weighted by atomic mass is 10.2. The van der Waals surface area contributed by atoms with Crippen molar-refractivity contribution in [2.45, 2.75) is 19.9 Å². The number of aromatic nitrogens is 2. The second-order valence-corrected chi connectivity index (χ2v) is 4.84. The number of hydrogen-bond donors (Lipinski definition) is 2. The van der Waals surface area contributed by atoms with Crippen LogP contribution in [-0.4, -0.2) is 32.4 Å². The summed E-state index contributed by atoms with van der Waals surface area (Å²) in [5.74, 6) is -1.92. The molecule has 0 fully saturated rings. The van der Waals surface area contributed by atoms with E-state index in [-0.39, 0.29) is 5.56 Å². The lowest BCUT2D eigenvalue weighted by Gasteiger charge is -2.08. The summed E-state index contributed by atoms with van der Waals surface area (Å²) in [6.45, 7) is 3.05. The number of nitrogens with zero attached hydrogens (tertiary/aromatic N) is 2. The molecular weight excluding hydrogens is 270 g/mol. The second kappa shape index (κ2) is 4.81. The standard InChI is InChI=1S/C11H11N3O4S/c1-5-4-19-11-12-3-7(9(16)14(5)11)8(15)13-6(2)10(17)18/h3-4,6H,1-2H3,(H,13,15)(H,17,18)/t6-/m0/s1. The number of amides is 1. The summed E-state index contributed by atoms with van der Waals surface area (Å²) in [7, 11) is 0. The highest BCUT2D eigenvalue weighted by atomic mass is 32.1. The van der Waals surface area contributed by atoms with Gasteiger partial charge in [-0.1, -0.05) is 0 Å². The number of fused-ring (bicyclic) bond motifs is 1. The number of rotatable bonds is 3. The summed E-state index contributed by atoms with van der Waals surface area (Å²) in [5.41, 5.74) is 0.00405. The van der Waals surface area contributed by atoms with Crippen molar-refractivity contribution in [1.29, 1.82) is 0 Å². The molecule has 8 heteroatoms. The topological polar surface area (TPSA) is 101 Å². The molecule has 1 atom stereocenters. The Kier molecular flexibility index (Phi) is 3.34. The first-order chi connectivity index (χ1) is 8.91. The maximum absolute atomic E-state index is 12.1. The SMILES string of the molecule is Cc1csc2ncc(C(=O)N[C@@H](C)C(=O)O)c(=O)n12. The number of carbonyl (C=O) groups is 2. The van der Waals surface area contributed by atoms with Gasteiger partial charge >= 0.3 is 5.97 Å². The Hall–Kier alpha value is -2.22. The van der Waals surface area contributed by atoms with Crippen LogP contribution in [0.2, 0.25) is 0 Å². The molecule has 0 radical (unpaired) electrons. The predicted octanol–water partition coefficient (Wildman–Crippen LogP) is 0.267. The molecule has 2 N–H and O–H groups in total. The van der Waals surface area contributed by atoms with Crippen LogP contribution >= 0.6 is 11.3 Å². The highest BCUT2D eigenvalue weighted by Gasteiger charge is 2.19. The average Bonchev–Trinajstić information content (AvgIpc) is 2.71. The van der Waals surface area contributed by atoms with Crippen LogP contribution in [0.4, 0.5) is 0 Å². The van der Waals surface area contributed by atoms with Gasteiger partial charge in [0.2, 0.25) is 0 Å². The minimum atomic E-state index is -1.17. The molecule has 0 bridgehead atoms. The van der Waals surface area contributed by atoms with E-state index in [2.05, 4.69) is 10.3 Å². The molecule has 0 unspecified atom stereocenters. The molecule has 0 saturated carbocycles. The van der Waals surface area contributed by atoms with E-state index in [0.29, 0.717) is 10.7 Å². The molecule has 2 aromatic heterocycles. The van der Waals surface area contributed by atoms with Crippen molar-refractivity contribution in [3.63, 3.8) is 0 Å². The van der Waals surface area contributed by atoms with E-state index in [1.54, 1.807) is 12.3 Å². The van der Waals surface area contributed by atoms with Gasteiger partial charge in [0.05, 0.1) is 0 Å². The lowest BCUT2D eigenvalue weighted by molar-refractivity contribution is -0.138. The van der Waals surface area contributed by atoms with Crippen LogP contribution in [0.5, 0.6) is 0 Å². The average molecular weight is 281 g/mol. The van der Waals surface area contributed by atoms with Crippen LogP contribution in [0.3, 0.4) is 0 Å². The van der Waals surface area contributed by atoms with Crippen LogP contribution in [-0.2, 0) is 4.79 Å². The van der Waals surface area contributed by atoms with E-state index < -0.39 is 23.5 Å². The largest absolute Gasteiger partial charge is 0.480 e. The minimum Gasteiger partial charge on any atom is -0.480 e.